The molecule has 25 heavy (non-hydrogen) atoms. The maximum Gasteiger partial charge on any atom is 0.312 e. The molecule has 0 saturated carbocycles. The molecule has 1 aromatic carbocycles. The first kappa shape index (κ1) is 18.4. The van der Waals surface area contributed by atoms with Gasteiger partial charge >= 0.3 is 11.8 Å². The first-order valence-electron chi connectivity index (χ1n) is 8.11. The minimum atomic E-state index is -0.618. The second-order valence-electron chi connectivity index (χ2n) is 6.05. The van der Waals surface area contributed by atoms with E-state index in [0.29, 0.717) is 43.8 Å². The molecule has 1 aromatic rings. The number of benzene rings is 1. The third-order valence-corrected chi connectivity index (χ3v) is 3.83. The highest BCUT2D eigenvalue weighted by molar-refractivity contribution is 6.35. The van der Waals surface area contributed by atoms with Gasteiger partial charge in [-0.2, -0.15) is 0 Å². The summed E-state index contributed by atoms with van der Waals surface area (Å²) < 4.78 is 0. The van der Waals surface area contributed by atoms with Crippen LogP contribution < -0.4 is 10.6 Å². The molecule has 0 atom stereocenters. The van der Waals surface area contributed by atoms with Gasteiger partial charge in [0, 0.05) is 43.5 Å². The van der Waals surface area contributed by atoms with Crippen LogP contribution in [0.5, 0.6) is 0 Å². The Balaban J connectivity index is 1.90. The van der Waals surface area contributed by atoms with Gasteiger partial charge in [0.1, 0.15) is 0 Å². The molecule has 0 unspecified atom stereocenters. The van der Waals surface area contributed by atoms with Gasteiger partial charge < -0.3 is 20.4 Å². The lowest BCUT2D eigenvalue weighted by molar-refractivity contribution is -0.147. The first-order chi connectivity index (χ1) is 11.9. The van der Waals surface area contributed by atoms with E-state index in [9.17, 15) is 19.2 Å². The zero-order valence-corrected chi connectivity index (χ0v) is 14.3. The Bertz CT molecular complexity index is 649. The van der Waals surface area contributed by atoms with Crippen LogP contribution in [0.4, 0.5) is 5.69 Å². The number of rotatable bonds is 4. The van der Waals surface area contributed by atoms with E-state index in [-0.39, 0.29) is 11.9 Å². The minimum Gasteiger partial charge on any atom is -0.346 e. The fourth-order valence-electron chi connectivity index (χ4n) is 2.54. The molecule has 2 rings (SSSR count). The van der Waals surface area contributed by atoms with Gasteiger partial charge in [-0.1, -0.05) is 0 Å². The number of nitrogens with zero attached hydrogens (tertiary/aromatic N) is 2. The van der Waals surface area contributed by atoms with E-state index in [1.165, 1.54) is 4.90 Å². The summed E-state index contributed by atoms with van der Waals surface area (Å²) in [7, 11) is 0. The summed E-state index contributed by atoms with van der Waals surface area (Å²) in [5, 5.41) is 5.08. The van der Waals surface area contributed by atoms with Gasteiger partial charge in [0.25, 0.3) is 5.91 Å². The van der Waals surface area contributed by atoms with Gasteiger partial charge in [-0.25, -0.2) is 0 Å². The summed E-state index contributed by atoms with van der Waals surface area (Å²) in [5.74, 6) is -1.32. The van der Waals surface area contributed by atoms with Crippen LogP contribution in [0.2, 0.25) is 0 Å². The van der Waals surface area contributed by atoms with Crippen molar-refractivity contribution < 1.29 is 19.2 Å². The van der Waals surface area contributed by atoms with E-state index < -0.39 is 11.8 Å². The van der Waals surface area contributed by atoms with Gasteiger partial charge in [-0.05, 0) is 38.1 Å². The van der Waals surface area contributed by atoms with Crippen LogP contribution in [0.3, 0.4) is 0 Å². The maximum absolute atomic E-state index is 12.5. The van der Waals surface area contributed by atoms with Crippen molar-refractivity contribution in [3.63, 3.8) is 0 Å². The summed E-state index contributed by atoms with van der Waals surface area (Å²) in [5.41, 5.74) is 1.12. The van der Waals surface area contributed by atoms with Crippen molar-refractivity contribution in [2.75, 3.05) is 31.5 Å². The molecule has 4 amide bonds. The van der Waals surface area contributed by atoms with E-state index in [1.807, 2.05) is 0 Å². The molecule has 0 aliphatic carbocycles. The number of hydrogen-bond acceptors (Lipinski definition) is 4. The molecule has 1 aliphatic heterocycles. The predicted molar refractivity (Wildman–Crippen MR) is 91.9 cm³/mol. The normalized spacial score (nSPS) is 14.2. The van der Waals surface area contributed by atoms with Crippen LogP contribution in [0, 0.1) is 0 Å². The summed E-state index contributed by atoms with van der Waals surface area (Å²) >= 11 is 0. The van der Waals surface area contributed by atoms with Crippen molar-refractivity contribution >= 4 is 29.8 Å². The number of carbonyl (C=O) groups is 4. The van der Waals surface area contributed by atoms with Crippen molar-refractivity contribution in [1.29, 1.82) is 0 Å². The third-order valence-electron chi connectivity index (χ3n) is 3.83. The second-order valence-corrected chi connectivity index (χ2v) is 6.05. The number of anilines is 1. The number of piperazine rings is 1. The number of nitrogens with one attached hydrogen (secondary N) is 2. The molecule has 134 valence electrons. The molecule has 0 bridgehead atoms. The molecule has 8 nitrogen and oxygen atoms in total. The van der Waals surface area contributed by atoms with Crippen molar-refractivity contribution in [1.82, 2.24) is 15.1 Å². The Morgan fingerprint density at radius 2 is 1.56 bits per heavy atom. The SMILES string of the molecule is CC(C)NC(=O)C(=O)N1CCN(C(=O)c2ccc(NC=O)cc2)CC1. The Morgan fingerprint density at radius 1 is 1.00 bits per heavy atom. The monoisotopic (exact) mass is 346 g/mol. The molecule has 1 saturated heterocycles. The molecular weight excluding hydrogens is 324 g/mol. The highest BCUT2D eigenvalue weighted by atomic mass is 16.2. The molecule has 8 heteroatoms. The summed E-state index contributed by atoms with van der Waals surface area (Å²) in [4.78, 5) is 49.8. The molecule has 0 radical (unpaired) electrons. The standard InChI is InChI=1S/C17H22N4O4/c1-12(2)19-15(23)17(25)21-9-7-20(8-10-21)16(24)13-3-5-14(6-4-13)18-11-22/h3-6,11-12H,7-10H2,1-2H3,(H,18,22)(H,19,23). The maximum atomic E-state index is 12.5. The van der Waals surface area contributed by atoms with E-state index in [0.717, 1.165) is 0 Å². The molecule has 2 N–H and O–H groups in total. The molecule has 0 spiro atoms. The number of hydrogen-bond donors (Lipinski definition) is 2. The average molecular weight is 346 g/mol. The van der Waals surface area contributed by atoms with Crippen LogP contribution in [0.15, 0.2) is 24.3 Å². The molecule has 1 aliphatic rings. The van der Waals surface area contributed by atoms with Crippen LogP contribution in [0.1, 0.15) is 24.2 Å². The van der Waals surface area contributed by atoms with Crippen LogP contribution in [-0.4, -0.2) is 66.2 Å². The lowest BCUT2D eigenvalue weighted by Crippen LogP contribution is -2.54. The zero-order chi connectivity index (χ0) is 18.4. The fraction of sp³-hybridized carbons (Fsp3) is 0.412. The Labute approximate surface area is 146 Å². The lowest BCUT2D eigenvalue weighted by atomic mass is 10.1. The smallest absolute Gasteiger partial charge is 0.312 e. The van der Waals surface area contributed by atoms with E-state index in [2.05, 4.69) is 10.6 Å². The quantitative estimate of drug-likeness (QED) is 0.595. The largest absolute Gasteiger partial charge is 0.346 e. The van der Waals surface area contributed by atoms with Gasteiger partial charge in [0.15, 0.2) is 0 Å². The number of carbonyl (C=O) groups excluding carboxylic acids is 4. The van der Waals surface area contributed by atoms with Crippen molar-refractivity contribution in [2.24, 2.45) is 0 Å². The Morgan fingerprint density at radius 3 is 2.08 bits per heavy atom. The van der Waals surface area contributed by atoms with Crippen molar-refractivity contribution in [3.05, 3.63) is 29.8 Å². The molecule has 0 aromatic heterocycles. The Hall–Kier alpha value is -2.90. The second kappa shape index (κ2) is 8.27. The number of amides is 4. The van der Waals surface area contributed by atoms with Crippen LogP contribution >= 0.6 is 0 Å². The molecular formula is C17H22N4O4. The van der Waals surface area contributed by atoms with Gasteiger partial charge in [0.05, 0.1) is 0 Å². The van der Waals surface area contributed by atoms with Gasteiger partial charge in [-0.15, -0.1) is 0 Å². The van der Waals surface area contributed by atoms with Gasteiger partial charge in [0.2, 0.25) is 6.41 Å². The zero-order valence-electron chi connectivity index (χ0n) is 14.3. The Kier molecular flexibility index (Phi) is 6.10. The fourth-order valence-corrected chi connectivity index (χ4v) is 2.54. The van der Waals surface area contributed by atoms with E-state index in [4.69, 9.17) is 0 Å². The third kappa shape index (κ3) is 4.79. The molecule has 1 heterocycles. The van der Waals surface area contributed by atoms with Gasteiger partial charge in [-0.3, -0.25) is 19.2 Å². The predicted octanol–water partition coefficient (Wildman–Crippen LogP) is 0.0639. The lowest BCUT2D eigenvalue weighted by Gasteiger charge is -2.34. The summed E-state index contributed by atoms with van der Waals surface area (Å²) in [6, 6.07) is 6.48. The highest BCUT2D eigenvalue weighted by Crippen LogP contribution is 2.13. The summed E-state index contributed by atoms with van der Waals surface area (Å²) in [6.07, 6.45) is 0.572. The first-order valence-corrected chi connectivity index (χ1v) is 8.11. The molecule has 1 fully saturated rings. The summed E-state index contributed by atoms with van der Waals surface area (Å²) in [6.45, 7) is 4.96. The van der Waals surface area contributed by atoms with E-state index >= 15 is 0 Å². The van der Waals surface area contributed by atoms with Crippen molar-refractivity contribution in [3.8, 4) is 0 Å². The van der Waals surface area contributed by atoms with E-state index in [1.54, 1.807) is 43.0 Å². The topological polar surface area (TPSA) is 98.8 Å². The average Bonchev–Trinajstić information content (AvgIpc) is 2.61. The van der Waals surface area contributed by atoms with Crippen LogP contribution in [0.25, 0.3) is 0 Å². The van der Waals surface area contributed by atoms with Crippen LogP contribution in [-0.2, 0) is 14.4 Å². The minimum absolute atomic E-state index is 0.101. The van der Waals surface area contributed by atoms with Crippen molar-refractivity contribution in [2.45, 2.75) is 19.9 Å². The highest BCUT2D eigenvalue weighted by Gasteiger charge is 2.28.